The molecule has 0 saturated heterocycles. The van der Waals surface area contributed by atoms with Crippen molar-refractivity contribution in [3.8, 4) is 5.75 Å². The summed E-state index contributed by atoms with van der Waals surface area (Å²) in [6.45, 7) is 4.26. The summed E-state index contributed by atoms with van der Waals surface area (Å²) in [7, 11) is 0. The van der Waals surface area contributed by atoms with E-state index in [2.05, 4.69) is 0 Å². The molecule has 40 heavy (non-hydrogen) atoms. The van der Waals surface area contributed by atoms with Gasteiger partial charge in [0.15, 0.2) is 18.1 Å². The third-order valence-corrected chi connectivity index (χ3v) is 10.2. The molecule has 4 aliphatic rings. The number of carbonyl (C=O) groups excluding carboxylic acids is 3. The fourth-order valence-corrected chi connectivity index (χ4v) is 8.14. The van der Waals surface area contributed by atoms with E-state index in [9.17, 15) is 34.7 Å². The molecular weight excluding hydrogens is 525 g/mol. The number of nitro groups is 1. The summed E-state index contributed by atoms with van der Waals surface area (Å²) in [5, 5.41) is 34.1. The van der Waals surface area contributed by atoms with Gasteiger partial charge in [-0.05, 0) is 68.7 Å². The van der Waals surface area contributed by atoms with Crippen LogP contribution in [0.1, 0.15) is 46.5 Å². The van der Waals surface area contributed by atoms with E-state index in [-0.39, 0.29) is 23.6 Å². The number of nitro benzene ring substituents is 1. The van der Waals surface area contributed by atoms with E-state index in [1.807, 2.05) is 0 Å². The van der Waals surface area contributed by atoms with Crippen LogP contribution in [0.5, 0.6) is 5.75 Å². The van der Waals surface area contributed by atoms with E-state index in [1.165, 1.54) is 24.3 Å². The smallest absolute Gasteiger partial charge is 0.426 e. The summed E-state index contributed by atoms with van der Waals surface area (Å²) < 4.78 is 27.2. The van der Waals surface area contributed by atoms with Crippen molar-refractivity contribution in [2.75, 3.05) is 6.61 Å². The van der Waals surface area contributed by atoms with Crippen molar-refractivity contribution in [2.45, 2.75) is 63.8 Å². The van der Waals surface area contributed by atoms with Crippen LogP contribution in [0.2, 0.25) is 0 Å². The average molecular weight is 558 g/mol. The van der Waals surface area contributed by atoms with Crippen LogP contribution in [0.3, 0.4) is 0 Å². The molecule has 0 aliphatic heterocycles. The van der Waals surface area contributed by atoms with Gasteiger partial charge in [-0.25, -0.2) is 9.18 Å². The van der Waals surface area contributed by atoms with Crippen molar-refractivity contribution in [1.82, 2.24) is 0 Å². The molecule has 8 atom stereocenters. The molecule has 3 fully saturated rings. The molecule has 0 spiro atoms. The minimum Gasteiger partial charge on any atom is -0.426 e. The number of hydrogen-bond acceptors (Lipinski definition) is 9. The zero-order chi connectivity index (χ0) is 29.3. The lowest BCUT2D eigenvalue weighted by atomic mass is 9.44. The molecule has 1 aromatic rings. The number of hydrogen-bond donors (Lipinski definition) is 2. The van der Waals surface area contributed by atoms with Crippen molar-refractivity contribution in [1.29, 1.82) is 0 Å². The molecule has 0 aromatic heterocycles. The summed E-state index contributed by atoms with van der Waals surface area (Å²) in [6, 6.07) is 4.69. The molecule has 8 unspecified atom stereocenters. The Labute approximate surface area is 230 Å². The first-order valence-corrected chi connectivity index (χ1v) is 13.3. The number of allylic oxidation sites excluding steroid dienone is 4. The highest BCUT2D eigenvalue weighted by Gasteiger charge is 2.75. The lowest BCUT2D eigenvalue weighted by Crippen LogP contribution is -2.69. The summed E-state index contributed by atoms with van der Waals surface area (Å²) in [5.74, 6) is -2.79. The number of aliphatic hydroxyl groups excluding tert-OH is 1. The number of ether oxygens (including phenoxy) is 2. The summed E-state index contributed by atoms with van der Waals surface area (Å²) >= 11 is 0. The monoisotopic (exact) mass is 557 g/mol. The quantitative estimate of drug-likeness (QED) is 0.236. The number of nitrogens with zero attached hydrogens (tertiary/aromatic N) is 1. The molecule has 0 heterocycles. The predicted molar refractivity (Wildman–Crippen MR) is 138 cm³/mol. The fraction of sp³-hybridized carbons (Fsp3) is 0.552. The van der Waals surface area contributed by atoms with Gasteiger partial charge < -0.3 is 19.7 Å². The van der Waals surface area contributed by atoms with Crippen molar-refractivity contribution < 1.29 is 43.4 Å². The van der Waals surface area contributed by atoms with Crippen LogP contribution in [0, 0.1) is 38.7 Å². The SMILES string of the molecule is CC1CC2C3CCC4=CC(=O)C=CC4(C)C3(F)C(O)CC2(C)C1(O)C(=O)COC(=O)Oc1ccc([N+](=O)[O-])cc1. The first-order chi connectivity index (χ1) is 18.7. The molecule has 2 N–H and O–H groups in total. The maximum absolute atomic E-state index is 17.2. The van der Waals surface area contributed by atoms with Gasteiger partial charge in [0.2, 0.25) is 5.78 Å². The van der Waals surface area contributed by atoms with Crippen molar-refractivity contribution in [2.24, 2.45) is 28.6 Å². The van der Waals surface area contributed by atoms with Crippen LogP contribution in [0.15, 0.2) is 48.1 Å². The Hall–Kier alpha value is -3.44. The van der Waals surface area contributed by atoms with E-state index >= 15 is 4.39 Å². The number of non-ortho nitro benzene ring substituents is 1. The standard InChI is InChI=1S/C29H32FNO9/c1-16-12-22-21-9-4-17-13-19(32)10-11-26(17,2)28(21,30)23(33)14-27(22,3)29(16,36)24(34)15-39-25(35)40-20-7-5-18(6-8-20)31(37)38/h5-8,10-11,13,16,21-23,33,36H,4,9,12,14-15H2,1-3H3. The highest BCUT2D eigenvalue weighted by molar-refractivity contribution is 6.01. The number of carbonyl (C=O) groups is 3. The van der Waals surface area contributed by atoms with Gasteiger partial charge in [0.1, 0.15) is 11.4 Å². The topological polar surface area (TPSA) is 153 Å². The second-order valence-electron chi connectivity index (χ2n) is 12.0. The van der Waals surface area contributed by atoms with Crippen molar-refractivity contribution >= 4 is 23.4 Å². The number of alkyl halides is 1. The number of aliphatic hydroxyl groups is 2. The Bertz CT molecular complexity index is 1340. The van der Waals surface area contributed by atoms with E-state index < -0.39 is 69.4 Å². The number of ketones is 2. The molecule has 1 aromatic carbocycles. The third-order valence-electron chi connectivity index (χ3n) is 10.2. The van der Waals surface area contributed by atoms with Gasteiger partial charge in [-0.1, -0.05) is 25.5 Å². The van der Waals surface area contributed by atoms with Gasteiger partial charge in [0, 0.05) is 28.9 Å². The van der Waals surface area contributed by atoms with Crippen molar-refractivity contribution in [3.05, 3.63) is 58.2 Å². The van der Waals surface area contributed by atoms with E-state index in [0.717, 1.165) is 12.1 Å². The van der Waals surface area contributed by atoms with Crippen LogP contribution in [0.25, 0.3) is 0 Å². The predicted octanol–water partition coefficient (Wildman–Crippen LogP) is 4.03. The summed E-state index contributed by atoms with van der Waals surface area (Å²) in [6.07, 6.45) is 2.50. The highest BCUT2D eigenvalue weighted by atomic mass is 19.1. The maximum atomic E-state index is 17.2. The number of fused-ring (bicyclic) bond motifs is 5. The Balaban J connectivity index is 1.35. The van der Waals surface area contributed by atoms with Gasteiger partial charge in [-0.15, -0.1) is 0 Å². The second kappa shape index (κ2) is 9.31. The molecular formula is C29H32FNO9. The summed E-state index contributed by atoms with van der Waals surface area (Å²) in [5.41, 5.74) is -6.07. The third kappa shape index (κ3) is 3.77. The molecule has 0 bridgehead atoms. The molecule has 3 saturated carbocycles. The minimum atomic E-state index is -2.10. The lowest BCUT2D eigenvalue weighted by molar-refractivity contribution is -0.384. The van der Waals surface area contributed by atoms with Crippen LogP contribution in [0.4, 0.5) is 14.9 Å². The zero-order valence-electron chi connectivity index (χ0n) is 22.5. The Morgan fingerprint density at radius 1 is 1.20 bits per heavy atom. The first-order valence-electron chi connectivity index (χ1n) is 13.3. The summed E-state index contributed by atoms with van der Waals surface area (Å²) in [4.78, 5) is 47.9. The Kier molecular flexibility index (Phi) is 6.54. The Morgan fingerprint density at radius 2 is 1.88 bits per heavy atom. The van der Waals surface area contributed by atoms with Crippen LogP contribution in [-0.4, -0.2) is 56.8 Å². The molecule has 0 radical (unpaired) electrons. The average Bonchev–Trinajstić information content (AvgIpc) is 3.10. The van der Waals surface area contributed by atoms with Gasteiger partial charge in [0.25, 0.3) is 5.69 Å². The number of benzene rings is 1. The Morgan fingerprint density at radius 3 is 2.52 bits per heavy atom. The first kappa shape index (κ1) is 28.1. The number of halogens is 1. The maximum Gasteiger partial charge on any atom is 0.514 e. The molecule has 4 aliphatic carbocycles. The van der Waals surface area contributed by atoms with Gasteiger partial charge >= 0.3 is 6.16 Å². The molecule has 5 rings (SSSR count). The zero-order valence-corrected chi connectivity index (χ0v) is 22.5. The van der Waals surface area contributed by atoms with E-state index in [0.29, 0.717) is 24.8 Å². The normalized spacial score (nSPS) is 39.9. The fourth-order valence-electron chi connectivity index (χ4n) is 8.14. The second-order valence-corrected chi connectivity index (χ2v) is 12.0. The minimum absolute atomic E-state index is 0.0321. The largest absolute Gasteiger partial charge is 0.514 e. The molecule has 214 valence electrons. The number of rotatable bonds is 5. The van der Waals surface area contributed by atoms with Gasteiger partial charge in [-0.2, -0.15) is 0 Å². The molecule has 11 heteroatoms. The molecule has 10 nitrogen and oxygen atoms in total. The van der Waals surface area contributed by atoms with Crippen LogP contribution in [-0.2, 0) is 14.3 Å². The van der Waals surface area contributed by atoms with Crippen LogP contribution < -0.4 is 4.74 Å². The highest BCUT2D eigenvalue weighted by Crippen LogP contribution is 2.70. The van der Waals surface area contributed by atoms with Crippen LogP contribution >= 0.6 is 0 Å². The van der Waals surface area contributed by atoms with E-state index in [4.69, 9.17) is 9.47 Å². The van der Waals surface area contributed by atoms with Crippen molar-refractivity contribution in [3.63, 3.8) is 0 Å². The lowest BCUT2D eigenvalue weighted by Gasteiger charge is -2.62. The molecule has 0 amide bonds. The van der Waals surface area contributed by atoms with E-state index in [1.54, 1.807) is 26.8 Å². The van der Waals surface area contributed by atoms with Gasteiger partial charge in [0.05, 0.1) is 11.0 Å². The number of Topliss-reactive ketones (excluding diaryl/α,β-unsaturated/α-hetero) is 1. The van der Waals surface area contributed by atoms with Gasteiger partial charge in [-0.3, -0.25) is 19.7 Å².